The molecular weight excluding hydrogens is 224 g/mol. The van der Waals surface area contributed by atoms with Crippen molar-refractivity contribution < 1.29 is 8.42 Å². The minimum absolute atomic E-state index is 0.0780. The second-order valence-electron chi connectivity index (χ2n) is 2.75. The van der Waals surface area contributed by atoms with E-state index in [1.54, 1.807) is 25.3 Å². The number of hydrogen-bond acceptors (Lipinski definition) is 3. The maximum Gasteiger partial charge on any atom is 0.233 e. The molecular formula is C8H11ClN2O2S. The van der Waals surface area contributed by atoms with Gasteiger partial charge in [-0.05, 0) is 19.1 Å². The van der Waals surface area contributed by atoms with E-state index in [4.69, 9.17) is 11.6 Å². The Morgan fingerprint density at radius 3 is 2.86 bits per heavy atom. The Kier molecular flexibility index (Phi) is 3.71. The molecule has 1 rings (SSSR count). The van der Waals surface area contributed by atoms with Crippen LogP contribution in [-0.4, -0.2) is 25.0 Å². The normalized spacial score (nSPS) is 11.3. The Hall–Kier alpha value is -0.810. The minimum atomic E-state index is -3.33. The van der Waals surface area contributed by atoms with Gasteiger partial charge in [0.15, 0.2) is 0 Å². The van der Waals surface area contributed by atoms with E-state index in [1.807, 2.05) is 0 Å². The van der Waals surface area contributed by atoms with Gasteiger partial charge in [-0.25, -0.2) is 8.42 Å². The number of rotatable bonds is 4. The van der Waals surface area contributed by atoms with Crippen LogP contribution < -0.4 is 4.72 Å². The number of nitrogens with one attached hydrogen (secondary N) is 1. The number of hydrogen-bond donors (Lipinski definition) is 1. The molecule has 6 heteroatoms. The van der Waals surface area contributed by atoms with E-state index in [0.717, 1.165) is 0 Å². The van der Waals surface area contributed by atoms with Crippen molar-refractivity contribution in [1.29, 1.82) is 0 Å². The molecule has 0 aliphatic rings. The van der Waals surface area contributed by atoms with Crippen molar-refractivity contribution in [3.05, 3.63) is 24.0 Å². The third-order valence-corrected chi connectivity index (χ3v) is 3.30. The number of pyridine rings is 1. The Labute approximate surface area is 88.4 Å². The summed E-state index contributed by atoms with van der Waals surface area (Å²) >= 11 is 5.36. The summed E-state index contributed by atoms with van der Waals surface area (Å²) in [7, 11) is -3.33. The van der Waals surface area contributed by atoms with Gasteiger partial charge in [-0.2, -0.15) is 0 Å². The van der Waals surface area contributed by atoms with Crippen molar-refractivity contribution in [2.24, 2.45) is 0 Å². The molecule has 0 radical (unpaired) electrons. The van der Waals surface area contributed by atoms with E-state index in [2.05, 4.69) is 9.71 Å². The lowest BCUT2D eigenvalue weighted by molar-refractivity contribution is 0.602. The standard InChI is InChI=1S/C8H11ClN2O2S/c1-7-8(3-2-5-10-7)11-14(12,13)6-4-9/h2-3,5,11H,4,6H2,1H3. The van der Waals surface area contributed by atoms with Crippen LogP contribution in [0.2, 0.25) is 0 Å². The number of halogens is 1. The Morgan fingerprint density at radius 1 is 1.57 bits per heavy atom. The Morgan fingerprint density at radius 2 is 2.29 bits per heavy atom. The number of aryl methyl sites for hydroxylation is 1. The lowest BCUT2D eigenvalue weighted by atomic mass is 10.3. The molecule has 1 aromatic heterocycles. The highest BCUT2D eigenvalue weighted by Crippen LogP contribution is 2.12. The fourth-order valence-electron chi connectivity index (χ4n) is 0.912. The fraction of sp³-hybridized carbons (Fsp3) is 0.375. The van der Waals surface area contributed by atoms with Gasteiger partial charge in [-0.1, -0.05) is 0 Å². The van der Waals surface area contributed by atoms with Gasteiger partial charge < -0.3 is 0 Å². The summed E-state index contributed by atoms with van der Waals surface area (Å²) in [6.45, 7) is 1.73. The highest BCUT2D eigenvalue weighted by atomic mass is 35.5. The average Bonchev–Trinajstić information content (AvgIpc) is 2.08. The number of nitrogens with zero attached hydrogens (tertiary/aromatic N) is 1. The van der Waals surface area contributed by atoms with Gasteiger partial charge in [0, 0.05) is 12.1 Å². The highest BCUT2D eigenvalue weighted by Gasteiger charge is 2.10. The summed E-state index contributed by atoms with van der Waals surface area (Å²) in [6, 6.07) is 3.33. The molecule has 1 N–H and O–H groups in total. The van der Waals surface area contributed by atoms with E-state index < -0.39 is 10.0 Å². The predicted octanol–water partition coefficient (Wildman–Crippen LogP) is 1.37. The Balaban J connectivity index is 2.84. The topological polar surface area (TPSA) is 59.1 Å². The van der Waals surface area contributed by atoms with Gasteiger partial charge in [0.1, 0.15) is 0 Å². The molecule has 0 atom stereocenters. The highest BCUT2D eigenvalue weighted by molar-refractivity contribution is 7.92. The SMILES string of the molecule is Cc1ncccc1NS(=O)(=O)CCCl. The van der Waals surface area contributed by atoms with Gasteiger partial charge in [0.05, 0.1) is 17.1 Å². The molecule has 0 bridgehead atoms. The molecule has 0 unspecified atom stereocenters. The molecule has 78 valence electrons. The van der Waals surface area contributed by atoms with E-state index >= 15 is 0 Å². The number of sulfonamides is 1. The van der Waals surface area contributed by atoms with Crippen LogP contribution in [0, 0.1) is 6.92 Å². The first-order valence-electron chi connectivity index (χ1n) is 4.03. The van der Waals surface area contributed by atoms with E-state index in [0.29, 0.717) is 11.4 Å². The van der Waals surface area contributed by atoms with Crippen molar-refractivity contribution in [2.75, 3.05) is 16.4 Å². The Bertz CT molecular complexity index is 406. The molecule has 0 aliphatic heterocycles. The zero-order valence-electron chi connectivity index (χ0n) is 7.70. The van der Waals surface area contributed by atoms with Crippen molar-refractivity contribution in [3.63, 3.8) is 0 Å². The summed E-state index contributed by atoms with van der Waals surface area (Å²) in [5.41, 5.74) is 1.14. The summed E-state index contributed by atoms with van der Waals surface area (Å²) in [6.07, 6.45) is 1.61. The van der Waals surface area contributed by atoms with Crippen LogP contribution in [-0.2, 0) is 10.0 Å². The fourth-order valence-corrected chi connectivity index (χ4v) is 2.38. The monoisotopic (exact) mass is 234 g/mol. The summed E-state index contributed by atoms with van der Waals surface area (Å²) in [5.74, 6) is -0.0163. The van der Waals surface area contributed by atoms with Crippen molar-refractivity contribution in [2.45, 2.75) is 6.92 Å². The third-order valence-electron chi connectivity index (χ3n) is 1.62. The summed E-state index contributed by atoms with van der Waals surface area (Å²) in [4.78, 5) is 3.96. The van der Waals surface area contributed by atoms with E-state index in [-0.39, 0.29) is 11.6 Å². The first-order valence-corrected chi connectivity index (χ1v) is 6.22. The number of alkyl halides is 1. The molecule has 1 aromatic rings. The van der Waals surface area contributed by atoms with Gasteiger partial charge in [0.25, 0.3) is 0 Å². The molecule has 0 saturated heterocycles. The minimum Gasteiger partial charge on any atom is -0.282 e. The van der Waals surface area contributed by atoms with E-state index in [9.17, 15) is 8.42 Å². The second kappa shape index (κ2) is 4.61. The molecule has 0 aliphatic carbocycles. The molecule has 0 fully saturated rings. The number of anilines is 1. The number of aromatic nitrogens is 1. The second-order valence-corrected chi connectivity index (χ2v) is 4.97. The zero-order valence-corrected chi connectivity index (χ0v) is 9.27. The van der Waals surface area contributed by atoms with Crippen LogP contribution in [0.15, 0.2) is 18.3 Å². The van der Waals surface area contributed by atoms with Crippen molar-refractivity contribution in [3.8, 4) is 0 Å². The summed E-state index contributed by atoms with van der Waals surface area (Å²) < 4.78 is 25.1. The van der Waals surface area contributed by atoms with Crippen LogP contribution in [0.4, 0.5) is 5.69 Å². The molecule has 4 nitrogen and oxygen atoms in total. The van der Waals surface area contributed by atoms with Gasteiger partial charge in [0.2, 0.25) is 10.0 Å². The molecule has 0 spiro atoms. The third kappa shape index (κ3) is 3.16. The van der Waals surface area contributed by atoms with Gasteiger partial charge in [-0.15, -0.1) is 11.6 Å². The molecule has 0 amide bonds. The quantitative estimate of drug-likeness (QED) is 0.801. The van der Waals surface area contributed by atoms with Crippen molar-refractivity contribution in [1.82, 2.24) is 4.98 Å². The lowest BCUT2D eigenvalue weighted by Gasteiger charge is -2.07. The maximum atomic E-state index is 11.3. The van der Waals surface area contributed by atoms with Gasteiger partial charge in [-0.3, -0.25) is 9.71 Å². The van der Waals surface area contributed by atoms with Crippen LogP contribution in [0.25, 0.3) is 0 Å². The first kappa shape index (κ1) is 11.3. The van der Waals surface area contributed by atoms with Crippen LogP contribution in [0.1, 0.15) is 5.69 Å². The van der Waals surface area contributed by atoms with E-state index in [1.165, 1.54) is 0 Å². The van der Waals surface area contributed by atoms with Crippen LogP contribution in [0.3, 0.4) is 0 Å². The van der Waals surface area contributed by atoms with Gasteiger partial charge >= 0.3 is 0 Å². The lowest BCUT2D eigenvalue weighted by Crippen LogP contribution is -2.18. The van der Waals surface area contributed by atoms with Crippen molar-refractivity contribution >= 4 is 27.3 Å². The summed E-state index contributed by atoms with van der Waals surface area (Å²) in [5, 5.41) is 0. The molecule has 1 heterocycles. The zero-order chi connectivity index (χ0) is 10.6. The predicted molar refractivity (Wildman–Crippen MR) is 57.1 cm³/mol. The first-order chi connectivity index (χ1) is 6.55. The largest absolute Gasteiger partial charge is 0.282 e. The average molecular weight is 235 g/mol. The molecule has 0 saturated carbocycles. The molecule has 14 heavy (non-hydrogen) atoms. The maximum absolute atomic E-state index is 11.3. The smallest absolute Gasteiger partial charge is 0.233 e. The van der Waals surface area contributed by atoms with Crippen LogP contribution in [0.5, 0.6) is 0 Å². The van der Waals surface area contributed by atoms with Crippen LogP contribution >= 0.6 is 11.6 Å². The molecule has 0 aromatic carbocycles.